The van der Waals surface area contributed by atoms with E-state index in [0.717, 1.165) is 31.2 Å². The van der Waals surface area contributed by atoms with Crippen LogP contribution in [0.3, 0.4) is 0 Å². The summed E-state index contributed by atoms with van der Waals surface area (Å²) in [7, 11) is 0. The van der Waals surface area contributed by atoms with E-state index in [1.807, 2.05) is 18.5 Å². The molecule has 0 spiro atoms. The molecule has 1 rings (SSSR count). The van der Waals surface area contributed by atoms with Crippen molar-refractivity contribution < 1.29 is 0 Å². The first-order valence-corrected chi connectivity index (χ1v) is 5.75. The van der Waals surface area contributed by atoms with Crippen LogP contribution >= 0.6 is 0 Å². The van der Waals surface area contributed by atoms with E-state index >= 15 is 0 Å². The van der Waals surface area contributed by atoms with Crippen molar-refractivity contribution in [1.82, 2.24) is 20.1 Å². The van der Waals surface area contributed by atoms with Crippen molar-refractivity contribution in [2.24, 2.45) is 0 Å². The lowest BCUT2D eigenvalue weighted by molar-refractivity contribution is 0.429. The third kappa shape index (κ3) is 3.63. The second-order valence-electron chi connectivity index (χ2n) is 4.00. The highest BCUT2D eigenvalue weighted by molar-refractivity contribution is 4.89. The Morgan fingerprint density at radius 2 is 2.13 bits per heavy atom. The average molecular weight is 210 g/mol. The van der Waals surface area contributed by atoms with E-state index in [0.29, 0.717) is 6.04 Å². The minimum Gasteiger partial charge on any atom is -0.317 e. The van der Waals surface area contributed by atoms with Gasteiger partial charge >= 0.3 is 0 Å². The first-order valence-electron chi connectivity index (χ1n) is 5.75. The molecule has 0 fully saturated rings. The molecule has 4 heteroatoms. The highest BCUT2D eigenvalue weighted by Gasteiger charge is 2.09. The Bertz CT molecular complexity index is 293. The van der Waals surface area contributed by atoms with Gasteiger partial charge < -0.3 is 5.32 Å². The van der Waals surface area contributed by atoms with Crippen molar-refractivity contribution in [1.29, 1.82) is 0 Å². The van der Waals surface area contributed by atoms with Crippen LogP contribution in [0.5, 0.6) is 0 Å². The number of aromatic nitrogens is 3. The zero-order valence-electron chi connectivity index (χ0n) is 10.2. The van der Waals surface area contributed by atoms with E-state index in [2.05, 4.69) is 29.2 Å². The Morgan fingerprint density at radius 3 is 2.67 bits per heavy atom. The van der Waals surface area contributed by atoms with E-state index in [-0.39, 0.29) is 0 Å². The fraction of sp³-hybridized carbons (Fsp3) is 0.818. The van der Waals surface area contributed by atoms with Crippen molar-refractivity contribution in [3.05, 3.63) is 11.6 Å². The maximum atomic E-state index is 4.39. The molecule has 4 nitrogen and oxygen atoms in total. The number of nitrogens with one attached hydrogen (secondary N) is 1. The van der Waals surface area contributed by atoms with Crippen LogP contribution in [0.15, 0.2) is 0 Å². The fourth-order valence-electron chi connectivity index (χ4n) is 1.78. The van der Waals surface area contributed by atoms with Crippen LogP contribution in [0.2, 0.25) is 0 Å². The molecule has 0 bridgehead atoms. The van der Waals surface area contributed by atoms with E-state index in [9.17, 15) is 0 Å². The average Bonchev–Trinajstić information content (AvgIpc) is 2.52. The predicted molar refractivity (Wildman–Crippen MR) is 62.0 cm³/mol. The fourth-order valence-corrected chi connectivity index (χ4v) is 1.78. The van der Waals surface area contributed by atoms with Crippen LogP contribution < -0.4 is 5.32 Å². The number of rotatable bonds is 6. The summed E-state index contributed by atoms with van der Waals surface area (Å²) >= 11 is 0. The summed E-state index contributed by atoms with van der Waals surface area (Å²) in [6.07, 6.45) is 2.34. The summed E-state index contributed by atoms with van der Waals surface area (Å²) in [5.74, 6) is 1.88. The molecule has 0 radical (unpaired) electrons. The van der Waals surface area contributed by atoms with E-state index in [1.165, 1.54) is 6.42 Å². The lowest BCUT2D eigenvalue weighted by atomic mass is 10.2. The van der Waals surface area contributed by atoms with Crippen LogP contribution in [0.4, 0.5) is 0 Å². The second-order valence-corrected chi connectivity index (χ2v) is 4.00. The van der Waals surface area contributed by atoms with Gasteiger partial charge in [0.2, 0.25) is 0 Å². The molecule has 0 saturated heterocycles. The summed E-state index contributed by atoms with van der Waals surface area (Å²) in [6.45, 7) is 10.4. The molecule has 86 valence electrons. The molecule has 15 heavy (non-hydrogen) atoms. The Balaban J connectivity index is 2.39. The third-order valence-corrected chi connectivity index (χ3v) is 2.55. The molecule has 1 aromatic rings. The smallest absolute Gasteiger partial charge is 0.147 e. The molecule has 1 aromatic heterocycles. The van der Waals surface area contributed by atoms with Crippen molar-refractivity contribution in [2.75, 3.05) is 13.1 Å². The maximum absolute atomic E-state index is 4.39. The molecule has 0 aliphatic rings. The van der Waals surface area contributed by atoms with E-state index in [4.69, 9.17) is 0 Å². The van der Waals surface area contributed by atoms with Gasteiger partial charge in [0.05, 0.1) is 6.04 Å². The van der Waals surface area contributed by atoms with Gasteiger partial charge in [-0.25, -0.2) is 9.67 Å². The maximum Gasteiger partial charge on any atom is 0.147 e. The molecule has 0 amide bonds. The van der Waals surface area contributed by atoms with Crippen LogP contribution in [0, 0.1) is 13.8 Å². The molecular weight excluding hydrogens is 188 g/mol. The van der Waals surface area contributed by atoms with Gasteiger partial charge in [0.25, 0.3) is 0 Å². The Hall–Kier alpha value is -0.900. The molecule has 1 atom stereocenters. The highest BCUT2D eigenvalue weighted by Crippen LogP contribution is 2.13. The van der Waals surface area contributed by atoms with Crippen LogP contribution in [0.25, 0.3) is 0 Å². The molecule has 1 heterocycles. The molecule has 0 saturated carbocycles. The lowest BCUT2D eigenvalue weighted by Crippen LogP contribution is -2.16. The normalized spacial score (nSPS) is 13.1. The molecule has 0 aliphatic heterocycles. The lowest BCUT2D eigenvalue weighted by Gasteiger charge is -2.12. The van der Waals surface area contributed by atoms with Gasteiger partial charge in [-0.3, -0.25) is 0 Å². The SMILES string of the molecule is CCNCCCC(C)n1nc(C)nc1C. The molecule has 0 aromatic carbocycles. The first-order chi connectivity index (χ1) is 7.15. The Kier molecular flexibility index (Phi) is 4.75. The van der Waals surface area contributed by atoms with Crippen molar-refractivity contribution in [3.63, 3.8) is 0 Å². The first kappa shape index (κ1) is 12.2. The topological polar surface area (TPSA) is 42.7 Å². The quantitative estimate of drug-likeness (QED) is 0.729. The van der Waals surface area contributed by atoms with E-state index < -0.39 is 0 Å². The minimum atomic E-state index is 0.449. The van der Waals surface area contributed by atoms with Gasteiger partial charge in [-0.2, -0.15) is 5.10 Å². The van der Waals surface area contributed by atoms with E-state index in [1.54, 1.807) is 0 Å². The van der Waals surface area contributed by atoms with Gasteiger partial charge in [0, 0.05) is 0 Å². The number of nitrogens with zero attached hydrogens (tertiary/aromatic N) is 3. The van der Waals surface area contributed by atoms with Crippen molar-refractivity contribution >= 4 is 0 Å². The number of hydrogen-bond donors (Lipinski definition) is 1. The zero-order valence-corrected chi connectivity index (χ0v) is 10.2. The Morgan fingerprint density at radius 1 is 1.40 bits per heavy atom. The summed E-state index contributed by atoms with van der Waals surface area (Å²) in [6, 6.07) is 0.449. The van der Waals surface area contributed by atoms with Crippen LogP contribution in [-0.2, 0) is 0 Å². The molecular formula is C11H22N4. The second kappa shape index (κ2) is 5.85. The summed E-state index contributed by atoms with van der Waals surface area (Å²) in [5.41, 5.74) is 0. The van der Waals surface area contributed by atoms with Crippen LogP contribution in [0.1, 0.15) is 44.4 Å². The summed E-state index contributed by atoms with van der Waals surface area (Å²) in [5, 5.41) is 7.72. The monoisotopic (exact) mass is 210 g/mol. The van der Waals surface area contributed by atoms with Gasteiger partial charge in [-0.15, -0.1) is 0 Å². The molecule has 1 unspecified atom stereocenters. The van der Waals surface area contributed by atoms with Gasteiger partial charge in [-0.1, -0.05) is 6.92 Å². The molecule has 0 aliphatic carbocycles. The Labute approximate surface area is 92.1 Å². The van der Waals surface area contributed by atoms with Crippen molar-refractivity contribution in [3.8, 4) is 0 Å². The summed E-state index contributed by atoms with van der Waals surface area (Å²) < 4.78 is 2.03. The van der Waals surface area contributed by atoms with Gasteiger partial charge in [-0.05, 0) is 46.7 Å². The largest absolute Gasteiger partial charge is 0.317 e. The summed E-state index contributed by atoms with van der Waals surface area (Å²) in [4.78, 5) is 4.31. The third-order valence-electron chi connectivity index (χ3n) is 2.55. The molecule has 1 N–H and O–H groups in total. The van der Waals surface area contributed by atoms with Gasteiger partial charge in [0.15, 0.2) is 0 Å². The predicted octanol–water partition coefficient (Wildman–Crippen LogP) is 1.85. The highest BCUT2D eigenvalue weighted by atomic mass is 15.4. The minimum absolute atomic E-state index is 0.449. The zero-order chi connectivity index (χ0) is 11.3. The van der Waals surface area contributed by atoms with Gasteiger partial charge in [0.1, 0.15) is 11.6 Å². The van der Waals surface area contributed by atoms with Crippen LogP contribution in [-0.4, -0.2) is 27.9 Å². The standard InChI is InChI=1S/C11H22N4/c1-5-12-8-6-7-9(2)15-11(4)13-10(3)14-15/h9,12H,5-8H2,1-4H3. The number of hydrogen-bond acceptors (Lipinski definition) is 3. The van der Waals surface area contributed by atoms with Crippen molar-refractivity contribution in [2.45, 2.75) is 46.6 Å². The number of aryl methyl sites for hydroxylation is 2.